The summed E-state index contributed by atoms with van der Waals surface area (Å²) in [5.41, 5.74) is -0.0972. The van der Waals surface area contributed by atoms with Crippen LogP contribution in [0.3, 0.4) is 0 Å². The molecule has 252 valence electrons. The van der Waals surface area contributed by atoms with Crippen molar-refractivity contribution >= 4 is 12.9 Å². The van der Waals surface area contributed by atoms with E-state index < -0.39 is 12.2 Å². The molecule has 0 radical (unpaired) electrons. The summed E-state index contributed by atoms with van der Waals surface area (Å²) in [5.74, 6) is -0.0887. The van der Waals surface area contributed by atoms with E-state index in [-0.39, 0.29) is 11.4 Å². The monoisotopic (exact) mass is 623 g/mol. The molecule has 4 nitrogen and oxygen atoms in total. The molecule has 0 unspecified atom stereocenters. The molecule has 0 amide bonds. The number of nitrogens with zero attached hydrogens (tertiary/aromatic N) is 1. The molecule has 43 heavy (non-hydrogen) atoms. The van der Waals surface area contributed by atoms with Gasteiger partial charge in [-0.25, -0.2) is 0 Å². The van der Waals surface area contributed by atoms with Crippen molar-refractivity contribution in [2.24, 2.45) is 0 Å². The Bertz CT molecular complexity index is 710. The quantitative estimate of drug-likeness (QED) is 0.0418. The lowest BCUT2D eigenvalue weighted by Crippen LogP contribution is -2.13. The molecule has 0 aliphatic carbocycles. The predicted molar refractivity (Wildman–Crippen MR) is 195 cm³/mol. The molecule has 0 heterocycles. The van der Waals surface area contributed by atoms with Crippen LogP contribution in [0.15, 0.2) is 24.3 Å². The van der Waals surface area contributed by atoms with Gasteiger partial charge in [-0.15, -0.1) is 0 Å². The lowest BCUT2D eigenvalue weighted by atomic mass is 10.1. The topological polar surface area (TPSA) is 63.4 Å². The van der Waals surface area contributed by atoms with Gasteiger partial charge in [0.25, 0.3) is 5.69 Å². The van der Waals surface area contributed by atoms with E-state index in [9.17, 15) is 10.1 Å². The smallest absolute Gasteiger partial charge is 0.273 e. The highest BCUT2D eigenvalue weighted by Crippen LogP contribution is 2.61. The Morgan fingerprint density at radius 1 is 0.535 bits per heavy atom. The summed E-state index contributed by atoms with van der Waals surface area (Å²) >= 11 is 0. The zero-order valence-electron chi connectivity index (χ0n) is 29.3. The predicted octanol–water partition coefficient (Wildman–Crippen LogP) is 13.7. The minimum Gasteiger partial charge on any atom is -0.508 e. The summed E-state index contributed by atoms with van der Waals surface area (Å²) in [4.78, 5) is 9.49. The molecule has 0 aromatic heterocycles. The van der Waals surface area contributed by atoms with Gasteiger partial charge in [-0.1, -0.05) is 136 Å². The summed E-state index contributed by atoms with van der Waals surface area (Å²) in [5, 5.41) is 18.8. The highest BCUT2D eigenvalue weighted by Gasteiger charge is 2.34. The molecule has 0 aliphatic heterocycles. The summed E-state index contributed by atoms with van der Waals surface area (Å²) < 4.78 is 0. The van der Waals surface area contributed by atoms with Crippen molar-refractivity contribution in [2.75, 3.05) is 24.6 Å². The lowest BCUT2D eigenvalue weighted by molar-refractivity contribution is -0.384. The molecule has 0 saturated carbocycles. The molecular weight excluding hydrogens is 549 g/mol. The SMILES string of the molecule is CCCCCCCCCCCCCC[P+](CCCCCC)(CCCCCC)CCCCCC.O=[N+]([O-])c1cccc(O)c1. The molecule has 1 rings (SSSR count). The number of hydrogen-bond acceptors (Lipinski definition) is 3. The van der Waals surface area contributed by atoms with Crippen LogP contribution in [0.4, 0.5) is 5.69 Å². The third-order valence-electron chi connectivity index (χ3n) is 8.98. The summed E-state index contributed by atoms with van der Waals surface area (Å²) in [7, 11) is -0.697. The normalized spacial score (nSPS) is 11.3. The fraction of sp³-hybridized carbons (Fsp3) is 0.842. The van der Waals surface area contributed by atoms with Gasteiger partial charge in [-0.05, 0) is 57.4 Å². The second kappa shape index (κ2) is 30.9. The highest BCUT2D eigenvalue weighted by molar-refractivity contribution is 7.75. The van der Waals surface area contributed by atoms with E-state index >= 15 is 0 Å². The Morgan fingerprint density at radius 2 is 0.837 bits per heavy atom. The molecule has 0 bridgehead atoms. The van der Waals surface area contributed by atoms with Crippen LogP contribution in [0, 0.1) is 10.1 Å². The molecule has 5 heteroatoms. The first kappa shape index (κ1) is 41.9. The Balaban J connectivity index is 0.00000147. The van der Waals surface area contributed by atoms with Crippen molar-refractivity contribution < 1.29 is 10.0 Å². The van der Waals surface area contributed by atoms with Gasteiger partial charge in [0.2, 0.25) is 0 Å². The van der Waals surface area contributed by atoms with E-state index in [2.05, 4.69) is 27.7 Å². The van der Waals surface area contributed by atoms with Crippen LogP contribution < -0.4 is 0 Å². The molecule has 1 aromatic carbocycles. The summed E-state index contributed by atoms with van der Waals surface area (Å²) in [6.45, 7) is 9.41. The number of unbranched alkanes of at least 4 members (excludes halogenated alkanes) is 20. The first-order valence-electron chi connectivity index (χ1n) is 18.7. The molecule has 0 spiro atoms. The third kappa shape index (κ3) is 25.8. The van der Waals surface area contributed by atoms with Crippen molar-refractivity contribution in [2.45, 2.75) is 182 Å². The molecule has 0 atom stereocenters. The van der Waals surface area contributed by atoms with E-state index in [1.807, 2.05) is 0 Å². The van der Waals surface area contributed by atoms with Crippen LogP contribution in [-0.2, 0) is 0 Å². The fourth-order valence-electron chi connectivity index (χ4n) is 6.19. The Morgan fingerprint density at radius 3 is 1.12 bits per heavy atom. The van der Waals surface area contributed by atoms with Crippen molar-refractivity contribution in [1.29, 1.82) is 0 Å². The number of phenols is 1. The van der Waals surface area contributed by atoms with E-state index in [4.69, 9.17) is 5.11 Å². The van der Waals surface area contributed by atoms with Gasteiger partial charge in [0.15, 0.2) is 0 Å². The van der Waals surface area contributed by atoms with Gasteiger partial charge in [-0.2, -0.15) is 0 Å². The van der Waals surface area contributed by atoms with Crippen molar-refractivity contribution in [3.63, 3.8) is 0 Å². The maximum atomic E-state index is 10.0. The highest BCUT2D eigenvalue weighted by atomic mass is 31.2. The Kier molecular flexibility index (Phi) is 30.0. The molecule has 1 aromatic rings. The van der Waals surface area contributed by atoms with Crippen LogP contribution in [0.2, 0.25) is 0 Å². The minimum atomic E-state index is -0.697. The Hall–Kier alpha value is -1.15. The number of rotatable bonds is 29. The number of benzene rings is 1. The number of nitro benzene ring substituents is 1. The van der Waals surface area contributed by atoms with Crippen molar-refractivity contribution in [1.82, 2.24) is 0 Å². The second-order valence-electron chi connectivity index (χ2n) is 13.1. The van der Waals surface area contributed by atoms with E-state index in [0.717, 1.165) is 6.07 Å². The molecule has 1 N–H and O–H groups in total. The average molecular weight is 623 g/mol. The van der Waals surface area contributed by atoms with Crippen LogP contribution in [-0.4, -0.2) is 34.7 Å². The fourth-order valence-corrected chi connectivity index (χ4v) is 11.1. The van der Waals surface area contributed by atoms with Gasteiger partial charge >= 0.3 is 0 Å². The van der Waals surface area contributed by atoms with Crippen LogP contribution in [0.5, 0.6) is 5.75 Å². The van der Waals surface area contributed by atoms with Crippen molar-refractivity contribution in [3.8, 4) is 5.75 Å². The number of non-ortho nitro benzene ring substituents is 1. The zero-order valence-corrected chi connectivity index (χ0v) is 30.2. The van der Waals surface area contributed by atoms with Gasteiger partial charge in [0.1, 0.15) is 5.75 Å². The zero-order chi connectivity index (χ0) is 31.9. The van der Waals surface area contributed by atoms with E-state index in [1.165, 1.54) is 147 Å². The molecular formula is C38H73NO3P+. The maximum absolute atomic E-state index is 10.0. The minimum absolute atomic E-state index is 0.0887. The van der Waals surface area contributed by atoms with Gasteiger partial charge in [0, 0.05) is 13.3 Å². The molecule has 0 saturated heterocycles. The first-order chi connectivity index (χ1) is 20.9. The van der Waals surface area contributed by atoms with Crippen molar-refractivity contribution in [3.05, 3.63) is 34.4 Å². The van der Waals surface area contributed by atoms with E-state index in [0.29, 0.717) is 0 Å². The summed E-state index contributed by atoms with van der Waals surface area (Å²) in [6.07, 6.45) is 42.1. The average Bonchev–Trinajstić information content (AvgIpc) is 3.00. The van der Waals surface area contributed by atoms with Gasteiger partial charge < -0.3 is 5.11 Å². The number of hydrogen-bond donors (Lipinski definition) is 1. The second-order valence-corrected chi connectivity index (χ2v) is 17.6. The Labute approximate surface area is 269 Å². The van der Waals surface area contributed by atoms with Crippen LogP contribution in [0.1, 0.15) is 182 Å². The van der Waals surface area contributed by atoms with E-state index in [1.54, 1.807) is 50.3 Å². The van der Waals surface area contributed by atoms with Crippen LogP contribution >= 0.6 is 7.26 Å². The number of nitro groups is 1. The maximum Gasteiger partial charge on any atom is 0.273 e. The number of aromatic hydroxyl groups is 1. The van der Waals surface area contributed by atoms with Gasteiger partial charge in [-0.3, -0.25) is 10.1 Å². The standard InChI is InChI=1S/C32H68P.C6H5NO3/c1-5-9-13-17-18-19-20-21-22-23-24-28-32-33(29-25-14-10-6-2,30-26-15-11-7-3)31-27-16-12-8-4;8-6-3-1-2-5(4-6)7(9)10/h5-32H2,1-4H3;1-4,8H/q+1;. The molecule has 0 fully saturated rings. The largest absolute Gasteiger partial charge is 0.508 e. The molecule has 0 aliphatic rings. The lowest BCUT2D eigenvalue weighted by Gasteiger charge is -2.28. The van der Waals surface area contributed by atoms with Gasteiger partial charge in [0.05, 0.1) is 35.6 Å². The summed E-state index contributed by atoms with van der Waals surface area (Å²) in [6, 6.07) is 5.22. The number of phenolic OH excluding ortho intramolecular Hbond substituents is 1. The van der Waals surface area contributed by atoms with Crippen LogP contribution in [0.25, 0.3) is 0 Å². The third-order valence-corrected chi connectivity index (χ3v) is 14.0. The first-order valence-corrected chi connectivity index (χ1v) is 21.3.